The summed E-state index contributed by atoms with van der Waals surface area (Å²) < 4.78 is 14.1. The van der Waals surface area contributed by atoms with Crippen molar-refractivity contribution in [2.24, 2.45) is 20.5 Å². The summed E-state index contributed by atoms with van der Waals surface area (Å²) in [5, 5.41) is 20.2. The Morgan fingerprint density at radius 3 is 1.33 bits per heavy atom. The van der Waals surface area contributed by atoms with Gasteiger partial charge in [0.25, 0.3) is 11.8 Å². The Morgan fingerprint density at radius 2 is 0.962 bits per heavy atom. The number of ether oxygens (including phenoxy) is 3. The molecule has 0 aliphatic rings. The smallest absolute Gasteiger partial charge is 0.340 e. The normalized spacial score (nSPS) is 11.9. The number of carbonyl (C=O) groups is 9. The van der Waals surface area contributed by atoms with Gasteiger partial charge in [-0.05, 0) is 74.5 Å². The van der Waals surface area contributed by atoms with Crippen LogP contribution in [0, 0.1) is 0 Å². The van der Waals surface area contributed by atoms with Gasteiger partial charge in [-0.2, -0.15) is 20.5 Å². The molecule has 0 aliphatic heterocycles. The molecule has 2 N–H and O–H groups in total. The Hall–Kier alpha value is -7.11. The summed E-state index contributed by atoms with van der Waals surface area (Å²) >= 11 is 0. The van der Waals surface area contributed by atoms with Gasteiger partial charge in [-0.15, -0.1) is 0 Å². The van der Waals surface area contributed by atoms with Crippen LogP contribution in [0.25, 0.3) is 0 Å². The van der Waals surface area contributed by atoms with Crippen LogP contribution in [0.5, 0.6) is 0 Å². The lowest BCUT2D eigenvalue weighted by Gasteiger charge is -2.12. The molecule has 18 heteroatoms. The zero-order valence-electron chi connectivity index (χ0n) is 28.2. The number of amides is 2. The Morgan fingerprint density at radius 1 is 0.577 bits per heavy atom. The molecule has 2 unspecified atom stereocenters. The standard InChI is InChI=1S/C34H30N6O12/c1-17(42)28(39-37-25-14-19(27(44)16-41)6-12-23(25)33(48)51-4)30(45)35-21-8-10-22(11-9-21)36-31(46)29(18(2)43)40-38-26-15-20(32(47)50-3)7-13-24(26)34(49)52-5/h6-16,28-29H,1-5H3,(H,35,45)(H,36,46). The van der Waals surface area contributed by atoms with E-state index in [0.29, 0.717) is 0 Å². The van der Waals surface area contributed by atoms with Gasteiger partial charge in [0.05, 0.1) is 38.0 Å². The van der Waals surface area contributed by atoms with Crippen LogP contribution in [-0.4, -0.2) is 86.8 Å². The predicted molar refractivity (Wildman–Crippen MR) is 179 cm³/mol. The molecule has 0 aliphatic carbocycles. The summed E-state index contributed by atoms with van der Waals surface area (Å²) in [6.07, 6.45) is 0.0580. The molecule has 2 atom stereocenters. The Balaban J connectivity index is 1.78. The summed E-state index contributed by atoms with van der Waals surface area (Å²) in [5.74, 6) is -6.58. The average Bonchev–Trinajstić information content (AvgIpc) is 3.13. The van der Waals surface area contributed by atoms with Gasteiger partial charge in [0, 0.05) is 16.9 Å². The third-order valence-electron chi connectivity index (χ3n) is 6.87. The van der Waals surface area contributed by atoms with Gasteiger partial charge in [-0.1, -0.05) is 0 Å². The lowest BCUT2D eigenvalue weighted by molar-refractivity contribution is -0.127. The first-order chi connectivity index (χ1) is 24.7. The zero-order chi connectivity index (χ0) is 38.5. The van der Waals surface area contributed by atoms with E-state index in [2.05, 4.69) is 40.6 Å². The molecular weight excluding hydrogens is 684 g/mol. The fourth-order valence-electron chi connectivity index (χ4n) is 4.19. The van der Waals surface area contributed by atoms with Crippen molar-refractivity contribution < 1.29 is 57.4 Å². The van der Waals surface area contributed by atoms with E-state index in [1.165, 1.54) is 54.6 Å². The van der Waals surface area contributed by atoms with Gasteiger partial charge in [0.15, 0.2) is 17.9 Å². The van der Waals surface area contributed by atoms with Crippen LogP contribution in [0.3, 0.4) is 0 Å². The predicted octanol–water partition coefficient (Wildman–Crippen LogP) is 3.79. The molecule has 0 bridgehead atoms. The highest BCUT2D eigenvalue weighted by molar-refractivity contribution is 6.33. The van der Waals surface area contributed by atoms with Crippen LogP contribution < -0.4 is 10.6 Å². The van der Waals surface area contributed by atoms with Gasteiger partial charge in [0.1, 0.15) is 11.4 Å². The first kappa shape index (κ1) is 39.3. The third-order valence-corrected chi connectivity index (χ3v) is 6.87. The molecule has 2 amide bonds. The van der Waals surface area contributed by atoms with Crippen molar-refractivity contribution in [1.29, 1.82) is 0 Å². The molecule has 0 saturated carbocycles. The van der Waals surface area contributed by atoms with Gasteiger partial charge >= 0.3 is 17.9 Å². The fourth-order valence-corrected chi connectivity index (χ4v) is 4.19. The van der Waals surface area contributed by atoms with E-state index in [0.717, 1.165) is 41.2 Å². The van der Waals surface area contributed by atoms with Crippen molar-refractivity contribution in [2.75, 3.05) is 32.0 Å². The maximum atomic E-state index is 13.0. The quantitative estimate of drug-likeness (QED) is 0.0434. The Bertz CT molecular complexity index is 2010. The van der Waals surface area contributed by atoms with E-state index >= 15 is 0 Å². The minimum Gasteiger partial charge on any atom is -0.465 e. The highest BCUT2D eigenvalue weighted by Crippen LogP contribution is 2.25. The summed E-state index contributed by atoms with van der Waals surface area (Å²) in [4.78, 5) is 110. The number of aldehydes is 1. The van der Waals surface area contributed by atoms with Gasteiger partial charge in [-0.3, -0.25) is 28.8 Å². The number of carbonyl (C=O) groups excluding carboxylic acids is 9. The van der Waals surface area contributed by atoms with E-state index in [-0.39, 0.29) is 51.3 Å². The molecule has 3 rings (SSSR count). The number of benzene rings is 3. The zero-order valence-corrected chi connectivity index (χ0v) is 28.2. The number of anilines is 2. The van der Waals surface area contributed by atoms with Crippen LogP contribution >= 0.6 is 0 Å². The number of nitrogens with zero attached hydrogens (tertiary/aromatic N) is 4. The molecule has 0 fully saturated rings. The minimum atomic E-state index is -1.70. The van der Waals surface area contributed by atoms with E-state index in [9.17, 15) is 43.2 Å². The summed E-state index contributed by atoms with van der Waals surface area (Å²) in [5.41, 5.74) is -0.437. The van der Waals surface area contributed by atoms with E-state index in [1.54, 1.807) is 0 Å². The van der Waals surface area contributed by atoms with Crippen molar-refractivity contribution in [3.63, 3.8) is 0 Å². The van der Waals surface area contributed by atoms with Crippen molar-refractivity contribution in [1.82, 2.24) is 0 Å². The topological polar surface area (TPSA) is 255 Å². The fraction of sp³-hybridized carbons (Fsp3) is 0.206. The molecule has 0 heterocycles. The maximum Gasteiger partial charge on any atom is 0.340 e. The number of nitrogens with one attached hydrogen (secondary N) is 2. The number of hydrogen-bond acceptors (Lipinski definition) is 16. The number of ketones is 3. The van der Waals surface area contributed by atoms with Crippen LogP contribution in [0.4, 0.5) is 22.7 Å². The summed E-state index contributed by atoms with van der Waals surface area (Å²) in [6, 6.07) is 9.23. The second-order valence-electron chi connectivity index (χ2n) is 10.4. The molecule has 268 valence electrons. The largest absolute Gasteiger partial charge is 0.465 e. The van der Waals surface area contributed by atoms with E-state index < -0.39 is 59.2 Å². The Kier molecular flexibility index (Phi) is 13.6. The van der Waals surface area contributed by atoms with E-state index in [1.807, 2.05) is 0 Å². The number of hydrogen-bond donors (Lipinski definition) is 2. The first-order valence-corrected chi connectivity index (χ1v) is 14.8. The monoisotopic (exact) mass is 714 g/mol. The maximum absolute atomic E-state index is 13.0. The van der Waals surface area contributed by atoms with Gasteiger partial charge in [0.2, 0.25) is 17.9 Å². The lowest BCUT2D eigenvalue weighted by Crippen LogP contribution is -2.32. The summed E-state index contributed by atoms with van der Waals surface area (Å²) in [7, 11) is 3.38. The van der Waals surface area contributed by atoms with Gasteiger partial charge in [-0.25, -0.2) is 14.4 Å². The van der Waals surface area contributed by atoms with E-state index in [4.69, 9.17) is 4.74 Å². The van der Waals surface area contributed by atoms with Crippen molar-refractivity contribution in [3.8, 4) is 0 Å². The average molecular weight is 715 g/mol. The number of rotatable bonds is 15. The number of methoxy groups -OCH3 is 3. The first-order valence-electron chi connectivity index (χ1n) is 14.8. The third kappa shape index (κ3) is 9.97. The lowest BCUT2D eigenvalue weighted by atomic mass is 10.1. The molecule has 52 heavy (non-hydrogen) atoms. The SMILES string of the molecule is COC(=O)c1ccc(C(=O)OC)c(N=NC(C(C)=O)C(=O)Nc2ccc(NC(=O)C(N=Nc3cc(C(=O)C=O)ccc3C(=O)OC)C(C)=O)cc2)c1. The van der Waals surface area contributed by atoms with Crippen LogP contribution in [-0.2, 0) is 38.2 Å². The van der Waals surface area contributed by atoms with Crippen LogP contribution in [0.2, 0.25) is 0 Å². The number of Topliss-reactive ketones (excluding diaryl/α,β-unsaturated/α-hetero) is 3. The molecule has 0 spiro atoms. The summed E-state index contributed by atoms with van der Waals surface area (Å²) in [6.45, 7) is 2.17. The molecule has 0 saturated heterocycles. The molecule has 0 radical (unpaired) electrons. The number of esters is 3. The minimum absolute atomic E-state index is 0.0177. The van der Waals surface area contributed by atoms with Crippen LogP contribution in [0.1, 0.15) is 55.3 Å². The second kappa shape index (κ2) is 18.0. The molecule has 0 aromatic heterocycles. The van der Waals surface area contributed by atoms with Crippen molar-refractivity contribution >= 4 is 76.1 Å². The number of azo groups is 2. The molecule has 3 aromatic carbocycles. The van der Waals surface area contributed by atoms with Crippen molar-refractivity contribution in [2.45, 2.75) is 25.9 Å². The Labute approximate surface area is 294 Å². The molecular formula is C34H30N6O12. The van der Waals surface area contributed by atoms with Crippen LogP contribution in [0.15, 0.2) is 81.1 Å². The highest BCUT2D eigenvalue weighted by Gasteiger charge is 2.26. The second-order valence-corrected chi connectivity index (χ2v) is 10.4. The highest BCUT2D eigenvalue weighted by atomic mass is 16.5. The van der Waals surface area contributed by atoms with Crippen molar-refractivity contribution in [3.05, 3.63) is 82.9 Å². The van der Waals surface area contributed by atoms with Gasteiger partial charge < -0.3 is 24.8 Å². The molecule has 18 nitrogen and oxygen atoms in total. The molecule has 3 aromatic rings.